The van der Waals surface area contributed by atoms with Gasteiger partial charge in [0.2, 0.25) is 5.95 Å². The van der Waals surface area contributed by atoms with Crippen LogP contribution in [-0.4, -0.2) is 68.4 Å². The van der Waals surface area contributed by atoms with Crippen LogP contribution >= 0.6 is 35.1 Å². The van der Waals surface area contributed by atoms with Crippen molar-refractivity contribution in [2.24, 2.45) is 0 Å². The largest absolute Gasteiger partial charge is 0.490 e. The topological polar surface area (TPSA) is 279 Å². The molecule has 3 heterocycles. The Bertz CT molecular complexity index is 1210. The Morgan fingerprint density at radius 1 is 1.22 bits per heavy atom. The molecule has 1 saturated heterocycles. The molecule has 3 rings (SSSR count). The van der Waals surface area contributed by atoms with Crippen LogP contribution in [0.3, 0.4) is 0 Å². The van der Waals surface area contributed by atoms with Crippen molar-refractivity contribution in [2.75, 3.05) is 12.3 Å². The summed E-state index contributed by atoms with van der Waals surface area (Å²) in [5.41, 5.74) is 4.69. The number of aliphatic hydroxyl groups is 1. The summed E-state index contributed by atoms with van der Waals surface area (Å²) in [5.74, 6) is -0.238. The summed E-state index contributed by atoms with van der Waals surface area (Å²) in [5, 5.41) is 9.04. The lowest BCUT2D eigenvalue weighted by molar-refractivity contribution is -0.0422. The van der Waals surface area contributed by atoms with Crippen LogP contribution in [-0.2, 0) is 31.6 Å². The molecule has 0 amide bonds. The highest BCUT2D eigenvalue weighted by Gasteiger charge is 2.47. The van der Waals surface area contributed by atoms with Gasteiger partial charge in [-0.25, -0.2) is 18.7 Å². The fourth-order valence-corrected chi connectivity index (χ4v) is 6.04. The van der Waals surface area contributed by atoms with Crippen LogP contribution in [0.15, 0.2) is 11.1 Å². The SMILES string of the molecule is Nc1nc2c(ncn2[C@@H]2O[C@H](COP(=O)(O)OP(=O)(O)OP(=O)(O)O)[C@H](O)C2Cl)c(=O)[nH]1. The molecule has 1 fully saturated rings. The van der Waals surface area contributed by atoms with E-state index in [-0.39, 0.29) is 17.1 Å². The van der Waals surface area contributed by atoms with Crippen LogP contribution in [0, 0.1) is 0 Å². The maximum Gasteiger partial charge on any atom is 0.490 e. The maximum atomic E-state index is 11.9. The number of phosphoric acid groups is 3. The van der Waals surface area contributed by atoms with Crippen molar-refractivity contribution in [1.82, 2.24) is 19.5 Å². The molecule has 1 aliphatic heterocycles. The number of nitrogens with two attached hydrogens (primary N) is 1. The summed E-state index contributed by atoms with van der Waals surface area (Å²) < 4.78 is 52.0. The van der Waals surface area contributed by atoms with E-state index in [1.807, 2.05) is 0 Å². The lowest BCUT2D eigenvalue weighted by Crippen LogP contribution is -2.30. The molecule has 32 heavy (non-hydrogen) atoms. The number of hydrogen-bond donors (Lipinski definition) is 7. The molecule has 3 unspecified atom stereocenters. The molecule has 0 aliphatic carbocycles. The molecule has 180 valence electrons. The Labute approximate surface area is 181 Å². The number of rotatable bonds is 8. The van der Waals surface area contributed by atoms with Gasteiger partial charge in [0.25, 0.3) is 5.56 Å². The van der Waals surface area contributed by atoms with Crippen LogP contribution in [0.5, 0.6) is 0 Å². The predicted molar refractivity (Wildman–Crippen MR) is 102 cm³/mol. The Morgan fingerprint density at radius 2 is 1.88 bits per heavy atom. The smallest absolute Gasteiger partial charge is 0.389 e. The second-order valence-electron chi connectivity index (χ2n) is 6.16. The summed E-state index contributed by atoms with van der Waals surface area (Å²) in [4.78, 5) is 57.5. The van der Waals surface area contributed by atoms with E-state index >= 15 is 0 Å². The van der Waals surface area contributed by atoms with E-state index in [2.05, 4.69) is 28.1 Å². The zero-order valence-electron chi connectivity index (χ0n) is 15.2. The Balaban J connectivity index is 1.72. The third-order valence-corrected chi connectivity index (χ3v) is 8.11. The minimum atomic E-state index is -5.71. The predicted octanol–water partition coefficient (Wildman–Crippen LogP) is -1.09. The number of halogens is 1. The van der Waals surface area contributed by atoms with Crippen LogP contribution in [0.25, 0.3) is 11.2 Å². The zero-order valence-corrected chi connectivity index (χ0v) is 18.7. The molecule has 18 nitrogen and oxygen atoms in total. The fraction of sp³-hybridized carbons (Fsp3) is 0.500. The molecule has 2 aromatic heterocycles. The van der Waals surface area contributed by atoms with Gasteiger partial charge in [0.15, 0.2) is 17.4 Å². The first-order valence-electron chi connectivity index (χ1n) is 8.07. The number of H-pyrrole nitrogens is 1. The van der Waals surface area contributed by atoms with Crippen molar-refractivity contribution < 1.29 is 56.3 Å². The summed E-state index contributed by atoms with van der Waals surface area (Å²) in [6.07, 6.45) is -3.03. The van der Waals surface area contributed by atoms with Gasteiger partial charge in [-0.05, 0) is 0 Å². The lowest BCUT2D eigenvalue weighted by atomic mass is 10.2. The van der Waals surface area contributed by atoms with E-state index in [4.69, 9.17) is 36.8 Å². The first kappa shape index (κ1) is 25.4. The van der Waals surface area contributed by atoms with E-state index in [9.17, 15) is 28.5 Å². The number of fused-ring (bicyclic) bond motifs is 1. The number of anilines is 1. The third-order valence-electron chi connectivity index (χ3n) is 3.84. The van der Waals surface area contributed by atoms with E-state index in [0.717, 1.165) is 6.33 Å². The van der Waals surface area contributed by atoms with Crippen LogP contribution in [0.1, 0.15) is 6.23 Å². The normalized spacial score (nSPS) is 27.9. The Hall–Kier alpha value is -1.23. The van der Waals surface area contributed by atoms with Crippen molar-refractivity contribution in [3.63, 3.8) is 0 Å². The molecule has 0 bridgehead atoms. The van der Waals surface area contributed by atoms with Gasteiger partial charge in [-0.3, -0.25) is 18.9 Å². The first-order valence-corrected chi connectivity index (χ1v) is 13.0. The average molecular weight is 542 g/mol. The molecular formula is C10H15ClN5O13P3. The fourth-order valence-electron chi connectivity index (χ4n) is 2.67. The van der Waals surface area contributed by atoms with E-state index in [1.54, 1.807) is 0 Å². The Kier molecular flexibility index (Phi) is 7.02. The summed E-state index contributed by atoms with van der Waals surface area (Å²) in [6, 6.07) is 0. The molecule has 0 radical (unpaired) electrons. The zero-order chi connectivity index (χ0) is 24.1. The van der Waals surface area contributed by atoms with Gasteiger partial charge in [0, 0.05) is 0 Å². The second-order valence-corrected chi connectivity index (χ2v) is 11.1. The Morgan fingerprint density at radius 3 is 2.50 bits per heavy atom. The highest BCUT2D eigenvalue weighted by molar-refractivity contribution is 7.66. The van der Waals surface area contributed by atoms with Gasteiger partial charge in [-0.2, -0.15) is 13.6 Å². The van der Waals surface area contributed by atoms with Gasteiger partial charge in [-0.15, -0.1) is 11.6 Å². The molecule has 0 spiro atoms. The molecular weight excluding hydrogens is 527 g/mol. The van der Waals surface area contributed by atoms with Crippen molar-refractivity contribution in [1.29, 1.82) is 0 Å². The van der Waals surface area contributed by atoms with E-state index < -0.39 is 59.4 Å². The first-order chi connectivity index (χ1) is 14.6. The van der Waals surface area contributed by atoms with Gasteiger partial charge >= 0.3 is 23.5 Å². The molecule has 6 atom stereocenters. The van der Waals surface area contributed by atoms with Crippen LogP contribution in [0.2, 0.25) is 0 Å². The number of nitrogens with zero attached hydrogens (tertiary/aromatic N) is 3. The number of phosphoric ester groups is 1. The third kappa shape index (κ3) is 5.81. The molecule has 8 N–H and O–H groups in total. The molecule has 0 aromatic carbocycles. The molecule has 1 aliphatic rings. The van der Waals surface area contributed by atoms with E-state index in [0.29, 0.717) is 0 Å². The number of aliphatic hydroxyl groups excluding tert-OH is 1. The monoisotopic (exact) mass is 541 g/mol. The number of ether oxygens (including phenoxy) is 1. The minimum absolute atomic E-state index is 0.0392. The number of nitrogens with one attached hydrogen (secondary N) is 1. The number of alkyl halides is 1. The highest BCUT2D eigenvalue weighted by atomic mass is 35.5. The van der Waals surface area contributed by atoms with Crippen molar-refractivity contribution in [3.8, 4) is 0 Å². The second kappa shape index (κ2) is 8.85. The molecule has 2 aromatic rings. The number of nitrogen functional groups attached to an aromatic ring is 1. The number of imidazole rings is 1. The standard InChI is InChI=1S/C10H15ClN5O13P3/c11-4-6(17)3(1-26-31(22,23)29-32(24,25)28-30(19,20)21)27-9(4)16-2-13-5-7(16)14-10(12)15-8(5)18/h2-4,6,9,17H,1H2,(H,22,23)(H,24,25)(H2,19,20,21)(H3,12,14,15,18)/t3-,4?,6+,9-/m1/s1. The average Bonchev–Trinajstić information content (AvgIpc) is 3.12. The number of hydrogen-bond acceptors (Lipinski definition) is 12. The summed E-state index contributed by atoms with van der Waals surface area (Å²) in [7, 11) is -16.7. The summed E-state index contributed by atoms with van der Waals surface area (Å²) >= 11 is 6.15. The molecule has 0 saturated carbocycles. The van der Waals surface area contributed by atoms with Crippen molar-refractivity contribution in [3.05, 3.63) is 16.7 Å². The number of aromatic amines is 1. The quantitative estimate of drug-likeness (QED) is 0.154. The van der Waals surface area contributed by atoms with Crippen molar-refractivity contribution in [2.45, 2.75) is 23.8 Å². The van der Waals surface area contributed by atoms with Crippen LogP contribution < -0.4 is 11.3 Å². The maximum absolute atomic E-state index is 11.9. The van der Waals surface area contributed by atoms with Gasteiger partial charge < -0.3 is 35.2 Å². The molecule has 22 heteroatoms. The van der Waals surface area contributed by atoms with Gasteiger partial charge in [0.1, 0.15) is 17.6 Å². The van der Waals surface area contributed by atoms with Gasteiger partial charge in [0.05, 0.1) is 12.9 Å². The minimum Gasteiger partial charge on any atom is -0.389 e. The van der Waals surface area contributed by atoms with Gasteiger partial charge in [-0.1, -0.05) is 0 Å². The van der Waals surface area contributed by atoms with E-state index in [1.165, 1.54) is 4.57 Å². The van der Waals surface area contributed by atoms with Crippen molar-refractivity contribution >= 4 is 52.2 Å². The van der Waals surface area contributed by atoms with Crippen LogP contribution in [0.4, 0.5) is 5.95 Å². The highest BCUT2D eigenvalue weighted by Crippen LogP contribution is 2.66. The number of aromatic nitrogens is 4. The summed E-state index contributed by atoms with van der Waals surface area (Å²) in [6.45, 7) is -0.937. The lowest BCUT2D eigenvalue weighted by Gasteiger charge is -2.19.